The van der Waals surface area contributed by atoms with Crippen molar-refractivity contribution >= 4 is 11.9 Å². The summed E-state index contributed by atoms with van der Waals surface area (Å²) in [5.74, 6) is 0.677. The first kappa shape index (κ1) is 22.4. The molecule has 0 bridgehead atoms. The van der Waals surface area contributed by atoms with Crippen LogP contribution in [0.25, 0.3) is 0 Å². The number of carbonyl (C=O) groups excluding carboxylic acids is 1. The maximum atomic E-state index is 11.8. The summed E-state index contributed by atoms with van der Waals surface area (Å²) < 4.78 is 0. The van der Waals surface area contributed by atoms with Gasteiger partial charge in [-0.05, 0) is 43.7 Å². The van der Waals surface area contributed by atoms with Crippen molar-refractivity contribution in [1.29, 1.82) is 0 Å². The molecule has 3 N–H and O–H groups in total. The third-order valence-electron chi connectivity index (χ3n) is 4.98. The van der Waals surface area contributed by atoms with Crippen molar-refractivity contribution in [3.63, 3.8) is 0 Å². The monoisotopic (exact) mass is 395 g/mol. The van der Waals surface area contributed by atoms with Gasteiger partial charge in [-0.1, -0.05) is 42.5 Å². The van der Waals surface area contributed by atoms with Crippen LogP contribution in [-0.2, 0) is 13.1 Å². The van der Waals surface area contributed by atoms with Gasteiger partial charge >= 0.3 is 0 Å². The predicted molar refractivity (Wildman–Crippen MR) is 120 cm³/mol. The molecule has 1 unspecified atom stereocenters. The molecule has 0 spiro atoms. The van der Waals surface area contributed by atoms with Crippen LogP contribution in [-0.4, -0.2) is 50.5 Å². The molecule has 0 aliphatic carbocycles. The fourth-order valence-corrected chi connectivity index (χ4v) is 3.02. The van der Waals surface area contributed by atoms with Crippen LogP contribution in [0.2, 0.25) is 0 Å². The summed E-state index contributed by atoms with van der Waals surface area (Å²) >= 11 is 0. The zero-order valence-corrected chi connectivity index (χ0v) is 17.9. The van der Waals surface area contributed by atoms with Gasteiger partial charge in [0.1, 0.15) is 0 Å². The molecule has 2 rings (SSSR count). The fourth-order valence-electron chi connectivity index (χ4n) is 3.02. The number of benzene rings is 2. The molecule has 0 radical (unpaired) electrons. The van der Waals surface area contributed by atoms with Crippen molar-refractivity contribution in [2.24, 2.45) is 4.99 Å². The van der Waals surface area contributed by atoms with Crippen LogP contribution < -0.4 is 16.0 Å². The highest BCUT2D eigenvalue weighted by atomic mass is 16.1. The Morgan fingerprint density at radius 2 is 1.79 bits per heavy atom. The quantitative estimate of drug-likeness (QED) is 0.451. The number of amides is 1. The average Bonchev–Trinajstić information content (AvgIpc) is 2.76. The second kappa shape index (κ2) is 11.9. The van der Waals surface area contributed by atoms with Gasteiger partial charge in [-0.25, -0.2) is 0 Å². The highest BCUT2D eigenvalue weighted by Crippen LogP contribution is 2.08. The molecule has 1 amide bonds. The van der Waals surface area contributed by atoms with E-state index in [4.69, 9.17) is 0 Å². The van der Waals surface area contributed by atoms with Crippen molar-refractivity contribution in [2.75, 3.05) is 27.7 Å². The lowest BCUT2D eigenvalue weighted by Crippen LogP contribution is -2.39. The highest BCUT2D eigenvalue weighted by Gasteiger charge is 2.10. The minimum Gasteiger partial charge on any atom is -0.356 e. The van der Waals surface area contributed by atoms with Crippen molar-refractivity contribution < 1.29 is 4.79 Å². The number of hydrogen-bond acceptors (Lipinski definition) is 3. The van der Waals surface area contributed by atoms with Crippen LogP contribution in [0.15, 0.2) is 59.6 Å². The lowest BCUT2D eigenvalue weighted by Gasteiger charge is -2.25. The van der Waals surface area contributed by atoms with E-state index in [9.17, 15) is 4.79 Å². The zero-order chi connectivity index (χ0) is 21.1. The molecule has 29 heavy (non-hydrogen) atoms. The number of guanidine groups is 1. The number of aliphatic imine (C=N–C) groups is 1. The van der Waals surface area contributed by atoms with Gasteiger partial charge in [0, 0.05) is 45.3 Å². The Kier molecular flexibility index (Phi) is 9.18. The normalized spacial score (nSPS) is 12.5. The van der Waals surface area contributed by atoms with Gasteiger partial charge in [0.25, 0.3) is 5.91 Å². The Hall–Kier alpha value is -2.86. The van der Waals surface area contributed by atoms with E-state index >= 15 is 0 Å². The smallest absolute Gasteiger partial charge is 0.251 e. The van der Waals surface area contributed by atoms with Crippen LogP contribution in [0.5, 0.6) is 0 Å². The van der Waals surface area contributed by atoms with Crippen molar-refractivity contribution in [3.8, 4) is 0 Å². The Morgan fingerprint density at radius 1 is 1.07 bits per heavy atom. The second-order valence-corrected chi connectivity index (χ2v) is 7.17. The van der Waals surface area contributed by atoms with Crippen LogP contribution in [0.3, 0.4) is 0 Å². The first-order valence-corrected chi connectivity index (χ1v) is 10.0. The Labute approximate surface area is 174 Å². The third kappa shape index (κ3) is 7.58. The van der Waals surface area contributed by atoms with Crippen LogP contribution in [0.4, 0.5) is 0 Å². The molecule has 0 aliphatic heterocycles. The number of hydrogen-bond donors (Lipinski definition) is 3. The fraction of sp³-hybridized carbons (Fsp3) is 0.391. The van der Waals surface area contributed by atoms with Crippen molar-refractivity contribution in [3.05, 3.63) is 71.3 Å². The highest BCUT2D eigenvalue weighted by molar-refractivity contribution is 5.94. The summed E-state index contributed by atoms with van der Waals surface area (Å²) in [5.41, 5.74) is 3.02. The molecule has 2 aromatic rings. The summed E-state index contributed by atoms with van der Waals surface area (Å²) in [6, 6.07) is 18.6. The molecule has 0 saturated carbocycles. The number of nitrogens with zero attached hydrogens (tertiary/aromatic N) is 2. The van der Waals surface area contributed by atoms with E-state index in [1.807, 2.05) is 30.3 Å². The molecule has 0 aliphatic rings. The van der Waals surface area contributed by atoms with Crippen LogP contribution in [0.1, 0.15) is 34.8 Å². The van der Waals surface area contributed by atoms with E-state index in [0.29, 0.717) is 18.2 Å². The molecule has 6 heteroatoms. The molecule has 1 atom stereocenters. The minimum atomic E-state index is -0.0806. The average molecular weight is 396 g/mol. The molecule has 0 heterocycles. The van der Waals surface area contributed by atoms with E-state index in [1.54, 1.807) is 14.1 Å². The van der Waals surface area contributed by atoms with E-state index in [0.717, 1.165) is 31.0 Å². The first-order valence-electron chi connectivity index (χ1n) is 10.0. The molecular formula is C23H33N5O. The molecule has 156 valence electrons. The van der Waals surface area contributed by atoms with Gasteiger partial charge in [-0.2, -0.15) is 0 Å². The summed E-state index contributed by atoms with van der Waals surface area (Å²) in [6.07, 6.45) is 1.01. The largest absolute Gasteiger partial charge is 0.356 e. The number of nitrogens with one attached hydrogen (secondary N) is 3. The maximum absolute atomic E-state index is 11.8. The molecule has 6 nitrogen and oxygen atoms in total. The Bertz CT molecular complexity index is 791. The van der Waals surface area contributed by atoms with Crippen molar-refractivity contribution in [2.45, 2.75) is 32.5 Å². The summed E-state index contributed by atoms with van der Waals surface area (Å²) in [7, 11) is 5.56. The molecule has 0 fully saturated rings. The number of carbonyl (C=O) groups is 1. The Morgan fingerprint density at radius 3 is 2.48 bits per heavy atom. The van der Waals surface area contributed by atoms with Gasteiger partial charge in [0.2, 0.25) is 0 Å². The van der Waals surface area contributed by atoms with Gasteiger partial charge in [-0.3, -0.25) is 14.7 Å². The van der Waals surface area contributed by atoms with E-state index in [1.165, 1.54) is 5.56 Å². The maximum Gasteiger partial charge on any atom is 0.251 e. The lowest BCUT2D eigenvalue weighted by atomic mass is 10.1. The molecular weight excluding hydrogens is 362 g/mol. The molecule has 0 saturated heterocycles. The van der Waals surface area contributed by atoms with E-state index < -0.39 is 0 Å². The third-order valence-corrected chi connectivity index (χ3v) is 4.98. The molecule has 0 aromatic heterocycles. The second-order valence-electron chi connectivity index (χ2n) is 7.17. The number of rotatable bonds is 9. The van der Waals surface area contributed by atoms with E-state index in [2.05, 4.69) is 64.1 Å². The Balaban J connectivity index is 1.75. The molecule has 2 aromatic carbocycles. The van der Waals surface area contributed by atoms with Gasteiger partial charge in [0.15, 0.2) is 5.96 Å². The summed E-state index contributed by atoms with van der Waals surface area (Å²) in [5, 5.41) is 9.32. The van der Waals surface area contributed by atoms with Gasteiger partial charge in [-0.15, -0.1) is 0 Å². The first-order chi connectivity index (χ1) is 14.0. The summed E-state index contributed by atoms with van der Waals surface area (Å²) in [4.78, 5) is 18.4. The predicted octanol–water partition coefficient (Wildman–Crippen LogP) is 2.62. The van der Waals surface area contributed by atoms with Crippen LogP contribution in [0, 0.1) is 0 Å². The SMILES string of the molecule is CN=C(NCCC(C)N(C)Cc1ccccc1)NCc1cccc(C(=O)NC)c1. The minimum absolute atomic E-state index is 0.0806. The lowest BCUT2D eigenvalue weighted by molar-refractivity contribution is 0.0963. The standard InChI is InChI=1S/C23H33N5O/c1-18(28(4)17-19-9-6-5-7-10-19)13-14-26-23(25-3)27-16-20-11-8-12-21(15-20)22(29)24-2/h5-12,15,18H,13-14,16-17H2,1-4H3,(H,24,29)(H2,25,26,27). The van der Waals surface area contributed by atoms with E-state index in [-0.39, 0.29) is 5.91 Å². The summed E-state index contributed by atoms with van der Waals surface area (Å²) in [6.45, 7) is 4.62. The van der Waals surface area contributed by atoms with Gasteiger partial charge < -0.3 is 16.0 Å². The van der Waals surface area contributed by atoms with Crippen molar-refractivity contribution in [1.82, 2.24) is 20.9 Å². The van der Waals surface area contributed by atoms with Crippen LogP contribution >= 0.6 is 0 Å². The topological polar surface area (TPSA) is 68.8 Å². The van der Waals surface area contributed by atoms with Gasteiger partial charge in [0.05, 0.1) is 0 Å². The zero-order valence-electron chi connectivity index (χ0n) is 17.9.